The minimum atomic E-state index is -3.74. The van der Waals surface area contributed by atoms with Crippen LogP contribution in [0.1, 0.15) is 17.5 Å². The van der Waals surface area contributed by atoms with Crippen molar-refractivity contribution in [2.24, 2.45) is 5.73 Å². The minimum absolute atomic E-state index is 0.0961. The fourth-order valence-corrected chi connectivity index (χ4v) is 3.95. The van der Waals surface area contributed by atoms with E-state index in [1.807, 2.05) is 6.07 Å². The van der Waals surface area contributed by atoms with Crippen molar-refractivity contribution in [2.45, 2.75) is 24.2 Å². The van der Waals surface area contributed by atoms with Gasteiger partial charge in [-0.25, -0.2) is 8.42 Å². The molecule has 1 aliphatic rings. The molecule has 0 radical (unpaired) electrons. The van der Waals surface area contributed by atoms with E-state index in [1.165, 1.54) is 12.7 Å². The number of methoxy groups -OCH3 is 1. The summed E-state index contributed by atoms with van der Waals surface area (Å²) >= 11 is 0. The number of carbonyl (C=O) groups is 1. The van der Waals surface area contributed by atoms with Crippen molar-refractivity contribution in [1.29, 1.82) is 0 Å². The quantitative estimate of drug-likeness (QED) is 0.784. The molecule has 0 bridgehead atoms. The third-order valence-electron chi connectivity index (χ3n) is 3.58. The zero-order valence-corrected chi connectivity index (χ0v) is 12.9. The highest BCUT2D eigenvalue weighted by Gasteiger charge is 2.27. The predicted molar refractivity (Wildman–Crippen MR) is 78.3 cm³/mol. The van der Waals surface area contributed by atoms with E-state index in [1.54, 1.807) is 12.1 Å². The molecule has 0 atom stereocenters. The van der Waals surface area contributed by atoms with E-state index in [0.29, 0.717) is 0 Å². The smallest absolute Gasteiger partial charge is 0.243 e. The van der Waals surface area contributed by atoms with Gasteiger partial charge in [0.25, 0.3) is 0 Å². The van der Waals surface area contributed by atoms with Gasteiger partial charge in [-0.05, 0) is 42.5 Å². The van der Waals surface area contributed by atoms with Crippen molar-refractivity contribution in [2.75, 3.05) is 26.8 Å². The van der Waals surface area contributed by atoms with Crippen LogP contribution in [-0.2, 0) is 32.4 Å². The first-order valence-electron chi connectivity index (χ1n) is 6.84. The van der Waals surface area contributed by atoms with Crippen LogP contribution in [0.25, 0.3) is 0 Å². The number of sulfonamides is 1. The molecule has 0 spiro atoms. The maximum absolute atomic E-state index is 12.6. The SMILES string of the molecule is COCCN(CC(N)=O)S(=O)(=O)c1ccc2c(c1)CCC2. The number of fused-ring (bicyclic) bond motifs is 1. The van der Waals surface area contributed by atoms with Crippen molar-refractivity contribution in [1.82, 2.24) is 4.31 Å². The molecule has 6 nitrogen and oxygen atoms in total. The van der Waals surface area contributed by atoms with Crippen molar-refractivity contribution in [3.8, 4) is 0 Å². The second-order valence-electron chi connectivity index (χ2n) is 5.08. The lowest BCUT2D eigenvalue weighted by molar-refractivity contribution is -0.118. The lowest BCUT2D eigenvalue weighted by atomic mass is 10.1. The zero-order chi connectivity index (χ0) is 15.5. The average Bonchev–Trinajstić information content (AvgIpc) is 2.90. The molecule has 1 aromatic rings. The Morgan fingerprint density at radius 1 is 1.33 bits per heavy atom. The van der Waals surface area contributed by atoms with Crippen molar-refractivity contribution >= 4 is 15.9 Å². The fraction of sp³-hybridized carbons (Fsp3) is 0.500. The summed E-state index contributed by atoms with van der Waals surface area (Å²) in [7, 11) is -2.26. The molecule has 0 aliphatic heterocycles. The van der Waals surface area contributed by atoms with Crippen LogP contribution in [-0.4, -0.2) is 45.4 Å². The van der Waals surface area contributed by atoms with E-state index in [9.17, 15) is 13.2 Å². The number of rotatable bonds is 7. The van der Waals surface area contributed by atoms with Gasteiger partial charge in [-0.3, -0.25) is 4.79 Å². The molecule has 7 heteroatoms. The molecule has 0 saturated heterocycles. The van der Waals surface area contributed by atoms with E-state index in [0.717, 1.165) is 29.1 Å². The number of nitrogens with two attached hydrogens (primary N) is 1. The van der Waals surface area contributed by atoms with Gasteiger partial charge >= 0.3 is 0 Å². The standard InChI is InChI=1S/C14H20N2O4S/c1-20-8-7-16(10-14(15)17)21(18,19)13-6-5-11-3-2-4-12(11)9-13/h5-6,9H,2-4,7-8,10H2,1H3,(H2,15,17). The topological polar surface area (TPSA) is 89.7 Å². The average molecular weight is 312 g/mol. The maximum Gasteiger partial charge on any atom is 0.243 e. The van der Waals surface area contributed by atoms with E-state index in [2.05, 4.69) is 0 Å². The van der Waals surface area contributed by atoms with Crippen molar-refractivity contribution in [3.05, 3.63) is 29.3 Å². The Bertz CT molecular complexity index is 628. The normalized spacial score (nSPS) is 14.4. The Labute approximate surface area is 124 Å². The number of primary amides is 1. The molecule has 1 amide bonds. The number of hydrogen-bond acceptors (Lipinski definition) is 4. The molecular formula is C14H20N2O4S. The predicted octanol–water partition coefficient (Wildman–Crippen LogP) is 0.298. The largest absolute Gasteiger partial charge is 0.383 e. The van der Waals surface area contributed by atoms with Gasteiger partial charge in [0.15, 0.2) is 0 Å². The van der Waals surface area contributed by atoms with Crippen LogP contribution in [0.3, 0.4) is 0 Å². The molecule has 0 unspecified atom stereocenters. The van der Waals surface area contributed by atoms with E-state index >= 15 is 0 Å². The van der Waals surface area contributed by atoms with E-state index in [4.69, 9.17) is 10.5 Å². The lowest BCUT2D eigenvalue weighted by Gasteiger charge is -2.20. The highest BCUT2D eigenvalue weighted by Crippen LogP contribution is 2.26. The van der Waals surface area contributed by atoms with Crippen molar-refractivity contribution in [3.63, 3.8) is 0 Å². The number of nitrogens with zero attached hydrogens (tertiary/aromatic N) is 1. The summed E-state index contributed by atoms with van der Waals surface area (Å²) in [6.45, 7) is -0.0426. The van der Waals surface area contributed by atoms with Crippen LogP contribution in [0, 0.1) is 0 Å². The molecule has 116 valence electrons. The van der Waals surface area contributed by atoms with Crippen LogP contribution in [0.15, 0.2) is 23.1 Å². The minimum Gasteiger partial charge on any atom is -0.383 e. The molecular weight excluding hydrogens is 292 g/mol. The van der Waals surface area contributed by atoms with Gasteiger partial charge in [-0.1, -0.05) is 6.07 Å². The third-order valence-corrected chi connectivity index (χ3v) is 5.43. The van der Waals surface area contributed by atoms with Crippen LogP contribution in [0.5, 0.6) is 0 Å². The Kier molecular flexibility index (Phi) is 4.97. The first-order valence-corrected chi connectivity index (χ1v) is 8.28. The summed E-state index contributed by atoms with van der Waals surface area (Å²) in [5.74, 6) is -0.684. The van der Waals surface area contributed by atoms with E-state index < -0.39 is 15.9 Å². The summed E-state index contributed by atoms with van der Waals surface area (Å²) in [5.41, 5.74) is 7.42. The molecule has 0 saturated carbocycles. The van der Waals surface area contributed by atoms with Crippen LogP contribution in [0.4, 0.5) is 0 Å². The Morgan fingerprint density at radius 2 is 2.05 bits per heavy atom. The molecule has 21 heavy (non-hydrogen) atoms. The summed E-state index contributed by atoms with van der Waals surface area (Å²) in [5, 5.41) is 0. The van der Waals surface area contributed by atoms with Crippen LogP contribution < -0.4 is 5.73 Å². The fourth-order valence-electron chi connectivity index (χ4n) is 2.51. The van der Waals surface area contributed by atoms with Crippen molar-refractivity contribution < 1.29 is 17.9 Å². The summed E-state index contributed by atoms with van der Waals surface area (Å²) < 4.78 is 31.2. The molecule has 2 rings (SSSR count). The first-order chi connectivity index (χ1) is 9.95. The van der Waals surface area contributed by atoms with Crippen LogP contribution >= 0.6 is 0 Å². The monoisotopic (exact) mass is 312 g/mol. The zero-order valence-electron chi connectivity index (χ0n) is 12.0. The number of carbonyl (C=O) groups excluding carboxylic acids is 1. The third kappa shape index (κ3) is 3.61. The highest BCUT2D eigenvalue weighted by molar-refractivity contribution is 7.89. The lowest BCUT2D eigenvalue weighted by Crippen LogP contribution is -2.40. The van der Waals surface area contributed by atoms with Gasteiger partial charge < -0.3 is 10.5 Å². The second-order valence-corrected chi connectivity index (χ2v) is 7.02. The summed E-state index contributed by atoms with van der Waals surface area (Å²) in [4.78, 5) is 11.3. The number of ether oxygens (including phenoxy) is 1. The molecule has 0 fully saturated rings. The maximum atomic E-state index is 12.6. The number of amides is 1. The van der Waals surface area contributed by atoms with Gasteiger partial charge in [-0.15, -0.1) is 0 Å². The molecule has 2 N–H and O–H groups in total. The molecule has 0 aromatic heterocycles. The van der Waals surface area contributed by atoms with Gasteiger partial charge in [0.2, 0.25) is 15.9 Å². The summed E-state index contributed by atoms with van der Waals surface area (Å²) in [6, 6.07) is 5.16. The second kappa shape index (κ2) is 6.55. The highest BCUT2D eigenvalue weighted by atomic mass is 32.2. The number of benzene rings is 1. The Morgan fingerprint density at radius 3 is 2.71 bits per heavy atom. The van der Waals surface area contributed by atoms with Gasteiger partial charge in [0, 0.05) is 13.7 Å². The van der Waals surface area contributed by atoms with Gasteiger partial charge in [-0.2, -0.15) is 4.31 Å². The molecule has 0 heterocycles. The van der Waals surface area contributed by atoms with E-state index in [-0.39, 0.29) is 24.6 Å². The summed E-state index contributed by atoms with van der Waals surface area (Å²) in [6.07, 6.45) is 2.93. The Balaban J connectivity index is 2.30. The molecule has 1 aliphatic carbocycles. The van der Waals surface area contributed by atoms with Gasteiger partial charge in [0.05, 0.1) is 18.0 Å². The Hall–Kier alpha value is -1.44. The number of aryl methyl sites for hydroxylation is 2. The van der Waals surface area contributed by atoms with Gasteiger partial charge in [0.1, 0.15) is 0 Å². The molecule has 1 aromatic carbocycles. The van der Waals surface area contributed by atoms with Crippen LogP contribution in [0.2, 0.25) is 0 Å². The first kappa shape index (κ1) is 15.9. The number of hydrogen-bond donors (Lipinski definition) is 1.